The lowest BCUT2D eigenvalue weighted by Crippen LogP contribution is -2.41. The van der Waals surface area contributed by atoms with Crippen LogP contribution in [0, 0.1) is 5.92 Å². The number of halogens is 1. The molecule has 20 heavy (non-hydrogen) atoms. The molecule has 0 bridgehead atoms. The Bertz CT molecular complexity index is 505. The average molecular weight is 293 g/mol. The van der Waals surface area contributed by atoms with Crippen LogP contribution >= 0.6 is 11.6 Å². The third-order valence-electron chi connectivity index (χ3n) is 4.66. The van der Waals surface area contributed by atoms with Crippen LogP contribution in [0.2, 0.25) is 5.02 Å². The van der Waals surface area contributed by atoms with Gasteiger partial charge in [-0.15, -0.1) is 0 Å². The Morgan fingerprint density at radius 3 is 2.80 bits per heavy atom. The van der Waals surface area contributed by atoms with Gasteiger partial charge in [-0.25, -0.2) is 0 Å². The van der Waals surface area contributed by atoms with E-state index in [2.05, 4.69) is 6.07 Å². The molecule has 1 aromatic rings. The molecule has 0 aromatic heterocycles. The summed E-state index contributed by atoms with van der Waals surface area (Å²) in [6.07, 6.45) is 5.08. The van der Waals surface area contributed by atoms with Crippen LogP contribution in [-0.4, -0.2) is 23.4 Å². The number of likely N-dealkylation sites (tertiary alicyclic amines) is 1. The summed E-state index contributed by atoms with van der Waals surface area (Å²) < 4.78 is 0. The lowest BCUT2D eigenvalue weighted by molar-refractivity contribution is -0.136. The van der Waals surface area contributed by atoms with Crippen molar-refractivity contribution in [3.63, 3.8) is 0 Å². The number of nitrogens with zero attached hydrogens (tertiary/aromatic N) is 1. The highest BCUT2D eigenvalue weighted by Gasteiger charge is 2.38. The molecule has 3 atom stereocenters. The van der Waals surface area contributed by atoms with Crippen molar-refractivity contribution < 1.29 is 4.79 Å². The number of hydrogen-bond acceptors (Lipinski definition) is 2. The summed E-state index contributed by atoms with van der Waals surface area (Å²) in [4.78, 5) is 14.8. The first-order valence-electron chi connectivity index (χ1n) is 7.48. The van der Waals surface area contributed by atoms with Crippen molar-refractivity contribution in [3.05, 3.63) is 34.9 Å². The van der Waals surface area contributed by atoms with Crippen molar-refractivity contribution in [3.8, 4) is 0 Å². The van der Waals surface area contributed by atoms with Crippen molar-refractivity contribution in [2.45, 2.75) is 44.2 Å². The fourth-order valence-electron chi connectivity index (χ4n) is 3.60. The molecular formula is C16H21ClN2O. The molecule has 1 amide bonds. The molecule has 1 aromatic carbocycles. The van der Waals surface area contributed by atoms with Crippen LogP contribution in [0.5, 0.6) is 0 Å². The predicted octanol–water partition coefficient (Wildman–Crippen LogP) is 3.13. The minimum atomic E-state index is 0.0229. The first-order chi connectivity index (χ1) is 9.66. The zero-order chi connectivity index (χ0) is 14.1. The minimum Gasteiger partial charge on any atom is -0.335 e. The molecule has 2 N–H and O–H groups in total. The summed E-state index contributed by atoms with van der Waals surface area (Å²) in [5.41, 5.74) is 7.24. The van der Waals surface area contributed by atoms with Crippen molar-refractivity contribution in [1.29, 1.82) is 0 Å². The van der Waals surface area contributed by atoms with Gasteiger partial charge in [-0.1, -0.05) is 30.2 Å². The third kappa shape index (κ3) is 2.57. The normalized spacial score (nSPS) is 29.9. The number of carbonyl (C=O) groups excluding carboxylic acids is 1. The van der Waals surface area contributed by atoms with Crippen molar-refractivity contribution in [2.24, 2.45) is 11.7 Å². The standard InChI is InChI=1S/C16H21ClN2O/c17-12-5-1-4-11(10-12)15-8-3-9-19(15)16(20)13-6-2-7-14(13)18/h1,4-5,10,13-15H,2-3,6-9,18H2. The topological polar surface area (TPSA) is 46.3 Å². The monoisotopic (exact) mass is 292 g/mol. The van der Waals surface area contributed by atoms with Gasteiger partial charge in [0.15, 0.2) is 0 Å². The van der Waals surface area contributed by atoms with Crippen LogP contribution in [0.15, 0.2) is 24.3 Å². The molecule has 108 valence electrons. The van der Waals surface area contributed by atoms with E-state index in [-0.39, 0.29) is 23.9 Å². The van der Waals surface area contributed by atoms with Gasteiger partial charge in [-0.2, -0.15) is 0 Å². The maximum Gasteiger partial charge on any atom is 0.227 e. The Morgan fingerprint density at radius 1 is 1.25 bits per heavy atom. The summed E-state index contributed by atoms with van der Waals surface area (Å²) >= 11 is 6.08. The van der Waals surface area contributed by atoms with E-state index in [9.17, 15) is 4.79 Å². The minimum absolute atomic E-state index is 0.0229. The van der Waals surface area contributed by atoms with E-state index in [1.807, 2.05) is 23.1 Å². The van der Waals surface area contributed by atoms with Gasteiger partial charge in [0.1, 0.15) is 0 Å². The van der Waals surface area contributed by atoms with E-state index in [0.717, 1.165) is 49.2 Å². The number of rotatable bonds is 2. The molecule has 2 aliphatic rings. The SMILES string of the molecule is NC1CCCC1C(=O)N1CCCC1c1cccc(Cl)c1. The Kier molecular flexibility index (Phi) is 3.99. The van der Waals surface area contributed by atoms with E-state index in [4.69, 9.17) is 17.3 Å². The highest BCUT2D eigenvalue weighted by molar-refractivity contribution is 6.30. The Balaban J connectivity index is 1.80. The van der Waals surface area contributed by atoms with E-state index in [0.29, 0.717) is 0 Å². The lowest BCUT2D eigenvalue weighted by Gasteiger charge is -2.29. The van der Waals surface area contributed by atoms with Gasteiger partial charge in [-0.05, 0) is 43.4 Å². The average Bonchev–Trinajstić information content (AvgIpc) is 3.06. The number of carbonyl (C=O) groups is 1. The maximum atomic E-state index is 12.7. The van der Waals surface area contributed by atoms with E-state index in [1.165, 1.54) is 0 Å². The Morgan fingerprint density at radius 2 is 2.10 bits per heavy atom. The molecule has 1 aliphatic heterocycles. The first kappa shape index (κ1) is 13.9. The van der Waals surface area contributed by atoms with Crippen LogP contribution in [0.3, 0.4) is 0 Å². The first-order valence-corrected chi connectivity index (χ1v) is 7.86. The summed E-state index contributed by atoms with van der Waals surface area (Å²) in [7, 11) is 0. The summed E-state index contributed by atoms with van der Waals surface area (Å²) in [6.45, 7) is 0.846. The molecule has 2 fully saturated rings. The van der Waals surface area contributed by atoms with Gasteiger partial charge in [0.2, 0.25) is 5.91 Å². The van der Waals surface area contributed by atoms with Crippen LogP contribution in [0.25, 0.3) is 0 Å². The van der Waals surface area contributed by atoms with E-state index >= 15 is 0 Å². The number of amides is 1. The van der Waals surface area contributed by atoms with Crippen molar-refractivity contribution in [2.75, 3.05) is 6.54 Å². The molecule has 1 aliphatic carbocycles. The molecule has 0 radical (unpaired) electrons. The smallest absolute Gasteiger partial charge is 0.227 e. The Hall–Kier alpha value is -1.06. The van der Waals surface area contributed by atoms with Crippen LogP contribution in [0.1, 0.15) is 43.7 Å². The molecular weight excluding hydrogens is 272 g/mol. The Labute approximate surface area is 125 Å². The molecule has 1 heterocycles. The van der Waals surface area contributed by atoms with Crippen molar-refractivity contribution >= 4 is 17.5 Å². The van der Waals surface area contributed by atoms with Crippen molar-refractivity contribution in [1.82, 2.24) is 4.90 Å². The van der Waals surface area contributed by atoms with Gasteiger partial charge in [0.05, 0.1) is 12.0 Å². The number of nitrogens with two attached hydrogens (primary N) is 1. The molecule has 3 unspecified atom stereocenters. The summed E-state index contributed by atoms with van der Waals surface area (Å²) in [6, 6.07) is 8.10. The lowest BCUT2D eigenvalue weighted by atomic mass is 10.00. The predicted molar refractivity (Wildman–Crippen MR) is 80.5 cm³/mol. The number of benzene rings is 1. The zero-order valence-corrected chi connectivity index (χ0v) is 12.4. The molecule has 3 nitrogen and oxygen atoms in total. The van der Waals surface area contributed by atoms with Gasteiger partial charge in [0, 0.05) is 17.6 Å². The second-order valence-corrected chi connectivity index (χ2v) is 6.38. The second-order valence-electron chi connectivity index (χ2n) is 5.95. The highest BCUT2D eigenvalue weighted by Crippen LogP contribution is 2.36. The summed E-state index contributed by atoms with van der Waals surface area (Å²) in [5.74, 6) is 0.271. The molecule has 3 rings (SSSR count). The fraction of sp³-hybridized carbons (Fsp3) is 0.562. The van der Waals surface area contributed by atoms with E-state index < -0.39 is 0 Å². The molecule has 4 heteroatoms. The second kappa shape index (κ2) is 5.74. The van der Waals surface area contributed by atoms with Crippen LogP contribution in [-0.2, 0) is 4.79 Å². The zero-order valence-electron chi connectivity index (χ0n) is 11.6. The fourth-order valence-corrected chi connectivity index (χ4v) is 3.80. The van der Waals surface area contributed by atoms with Gasteiger partial charge in [-0.3, -0.25) is 4.79 Å². The highest BCUT2D eigenvalue weighted by atomic mass is 35.5. The molecule has 1 saturated carbocycles. The quantitative estimate of drug-likeness (QED) is 0.910. The number of hydrogen-bond donors (Lipinski definition) is 1. The van der Waals surface area contributed by atoms with Crippen LogP contribution in [0.4, 0.5) is 0 Å². The largest absolute Gasteiger partial charge is 0.335 e. The molecule has 1 saturated heterocycles. The third-order valence-corrected chi connectivity index (χ3v) is 4.89. The molecule has 0 spiro atoms. The van der Waals surface area contributed by atoms with Gasteiger partial charge >= 0.3 is 0 Å². The summed E-state index contributed by atoms with van der Waals surface area (Å²) in [5, 5.41) is 0.736. The van der Waals surface area contributed by atoms with Gasteiger partial charge in [0.25, 0.3) is 0 Å². The van der Waals surface area contributed by atoms with Crippen LogP contribution < -0.4 is 5.73 Å². The maximum absolute atomic E-state index is 12.7. The van der Waals surface area contributed by atoms with E-state index in [1.54, 1.807) is 0 Å². The van der Waals surface area contributed by atoms with Gasteiger partial charge < -0.3 is 10.6 Å².